The van der Waals surface area contributed by atoms with E-state index in [0.29, 0.717) is 12.2 Å². The Morgan fingerprint density at radius 3 is 2.85 bits per heavy atom. The quantitative estimate of drug-likeness (QED) is 0.743. The molecule has 0 aliphatic carbocycles. The van der Waals surface area contributed by atoms with E-state index in [-0.39, 0.29) is 11.8 Å². The van der Waals surface area contributed by atoms with Gasteiger partial charge in [0.2, 0.25) is 0 Å². The van der Waals surface area contributed by atoms with E-state index < -0.39 is 5.82 Å². The number of phenols is 1. The molecule has 13 heavy (non-hydrogen) atoms. The van der Waals surface area contributed by atoms with Crippen LogP contribution in [-0.2, 0) is 4.74 Å². The number of benzene rings is 1. The van der Waals surface area contributed by atoms with Crippen LogP contribution in [0.2, 0.25) is 0 Å². The van der Waals surface area contributed by atoms with E-state index >= 15 is 0 Å². The molecule has 1 aromatic rings. The Bertz CT molecular complexity index is 291. The number of hydrogen-bond acceptors (Lipinski definition) is 3. The molecule has 4 heteroatoms. The van der Waals surface area contributed by atoms with Crippen LogP contribution in [0.3, 0.4) is 0 Å². The Hall–Kier alpha value is -1.13. The number of phenolic OH excluding ortho intramolecular Hbond substituents is 1. The van der Waals surface area contributed by atoms with Gasteiger partial charge in [0.25, 0.3) is 0 Å². The van der Waals surface area contributed by atoms with Crippen LogP contribution in [0.15, 0.2) is 18.2 Å². The number of methoxy groups -OCH3 is 1. The van der Waals surface area contributed by atoms with E-state index in [1.54, 1.807) is 0 Å². The Morgan fingerprint density at radius 2 is 2.31 bits per heavy atom. The standard InChI is InChI=1S/C9H12FNO2/c1-13-5-8(11)6-2-3-7(10)9(12)4-6/h2-4,8,12H,5,11H2,1H3/t8-/m1/s1. The molecule has 1 aromatic carbocycles. The molecule has 0 saturated heterocycles. The number of ether oxygens (including phenoxy) is 1. The molecule has 1 rings (SSSR count). The summed E-state index contributed by atoms with van der Waals surface area (Å²) in [6.45, 7) is 0.338. The van der Waals surface area contributed by atoms with Crippen molar-refractivity contribution in [3.63, 3.8) is 0 Å². The van der Waals surface area contributed by atoms with Crippen molar-refractivity contribution >= 4 is 0 Å². The average Bonchev–Trinajstić information content (AvgIpc) is 2.10. The number of rotatable bonds is 3. The van der Waals surface area contributed by atoms with Gasteiger partial charge in [0, 0.05) is 7.11 Å². The molecule has 0 heterocycles. The first-order valence-electron chi connectivity index (χ1n) is 3.88. The van der Waals surface area contributed by atoms with E-state index in [1.807, 2.05) is 0 Å². The van der Waals surface area contributed by atoms with Crippen molar-refractivity contribution in [1.82, 2.24) is 0 Å². The van der Waals surface area contributed by atoms with Gasteiger partial charge in [-0.1, -0.05) is 6.07 Å². The predicted octanol–water partition coefficient (Wildman–Crippen LogP) is 1.18. The highest BCUT2D eigenvalue weighted by Crippen LogP contribution is 2.20. The summed E-state index contributed by atoms with van der Waals surface area (Å²) in [5, 5.41) is 9.05. The third-order valence-corrected chi connectivity index (χ3v) is 1.74. The van der Waals surface area contributed by atoms with Gasteiger partial charge in [-0.05, 0) is 17.7 Å². The molecule has 0 aliphatic rings. The van der Waals surface area contributed by atoms with Crippen LogP contribution in [0.1, 0.15) is 11.6 Å². The zero-order valence-corrected chi connectivity index (χ0v) is 7.33. The molecule has 0 unspecified atom stereocenters. The lowest BCUT2D eigenvalue weighted by Gasteiger charge is -2.10. The Balaban J connectivity index is 2.84. The Kier molecular flexibility index (Phi) is 3.22. The van der Waals surface area contributed by atoms with Gasteiger partial charge in [-0.15, -0.1) is 0 Å². The second kappa shape index (κ2) is 4.20. The Labute approximate surface area is 75.9 Å². The first kappa shape index (κ1) is 9.95. The summed E-state index contributed by atoms with van der Waals surface area (Å²) in [6, 6.07) is 3.68. The fourth-order valence-electron chi connectivity index (χ4n) is 1.04. The van der Waals surface area contributed by atoms with Gasteiger partial charge in [0.1, 0.15) is 0 Å². The van der Waals surface area contributed by atoms with Crippen molar-refractivity contribution in [3.8, 4) is 5.75 Å². The molecule has 0 aliphatic heterocycles. The van der Waals surface area contributed by atoms with Gasteiger partial charge in [0.05, 0.1) is 12.6 Å². The molecular weight excluding hydrogens is 173 g/mol. The molecule has 0 saturated carbocycles. The van der Waals surface area contributed by atoms with Gasteiger partial charge in [-0.3, -0.25) is 0 Å². The topological polar surface area (TPSA) is 55.5 Å². The predicted molar refractivity (Wildman–Crippen MR) is 46.9 cm³/mol. The van der Waals surface area contributed by atoms with Gasteiger partial charge < -0.3 is 15.6 Å². The van der Waals surface area contributed by atoms with E-state index in [4.69, 9.17) is 15.6 Å². The highest BCUT2D eigenvalue weighted by Gasteiger charge is 2.08. The summed E-state index contributed by atoms with van der Waals surface area (Å²) in [7, 11) is 1.53. The lowest BCUT2D eigenvalue weighted by atomic mass is 10.1. The summed E-state index contributed by atoms with van der Waals surface area (Å²) >= 11 is 0. The molecular formula is C9H12FNO2. The summed E-state index contributed by atoms with van der Waals surface area (Å²) < 4.78 is 17.5. The summed E-state index contributed by atoms with van der Waals surface area (Å²) in [6.07, 6.45) is 0. The van der Waals surface area contributed by atoms with E-state index in [2.05, 4.69) is 0 Å². The van der Waals surface area contributed by atoms with Crippen molar-refractivity contribution < 1.29 is 14.2 Å². The molecule has 3 nitrogen and oxygen atoms in total. The lowest BCUT2D eigenvalue weighted by Crippen LogP contribution is -2.15. The molecule has 3 N–H and O–H groups in total. The summed E-state index contributed by atoms with van der Waals surface area (Å²) in [5.41, 5.74) is 6.32. The fourth-order valence-corrected chi connectivity index (χ4v) is 1.04. The van der Waals surface area contributed by atoms with E-state index in [1.165, 1.54) is 25.3 Å². The lowest BCUT2D eigenvalue weighted by molar-refractivity contribution is 0.181. The summed E-state index contributed by atoms with van der Waals surface area (Å²) in [4.78, 5) is 0. The molecule has 0 aromatic heterocycles. The minimum Gasteiger partial charge on any atom is -0.505 e. The van der Waals surface area contributed by atoms with Crippen LogP contribution < -0.4 is 5.73 Å². The average molecular weight is 185 g/mol. The van der Waals surface area contributed by atoms with Gasteiger partial charge in [0.15, 0.2) is 11.6 Å². The maximum Gasteiger partial charge on any atom is 0.164 e. The first-order valence-corrected chi connectivity index (χ1v) is 3.88. The van der Waals surface area contributed by atoms with Crippen LogP contribution in [0.25, 0.3) is 0 Å². The minimum atomic E-state index is -0.645. The van der Waals surface area contributed by atoms with E-state index in [9.17, 15) is 4.39 Å². The van der Waals surface area contributed by atoms with Crippen LogP contribution in [0.4, 0.5) is 4.39 Å². The van der Waals surface area contributed by atoms with Crippen molar-refractivity contribution in [2.24, 2.45) is 5.73 Å². The zero-order chi connectivity index (χ0) is 9.84. The SMILES string of the molecule is COC[C@@H](N)c1ccc(F)c(O)c1. The number of halogens is 1. The van der Waals surface area contributed by atoms with Gasteiger partial charge in [-0.25, -0.2) is 4.39 Å². The van der Waals surface area contributed by atoms with Crippen LogP contribution in [-0.4, -0.2) is 18.8 Å². The third-order valence-electron chi connectivity index (χ3n) is 1.74. The van der Waals surface area contributed by atoms with Crippen LogP contribution in [0, 0.1) is 5.82 Å². The van der Waals surface area contributed by atoms with Gasteiger partial charge in [-0.2, -0.15) is 0 Å². The summed E-state index contributed by atoms with van der Waals surface area (Å²) in [5.74, 6) is -1.03. The highest BCUT2D eigenvalue weighted by atomic mass is 19.1. The molecule has 72 valence electrons. The largest absolute Gasteiger partial charge is 0.505 e. The molecule has 0 bridgehead atoms. The van der Waals surface area contributed by atoms with Crippen molar-refractivity contribution in [2.75, 3.05) is 13.7 Å². The van der Waals surface area contributed by atoms with Crippen LogP contribution in [0.5, 0.6) is 5.75 Å². The second-order valence-electron chi connectivity index (χ2n) is 2.77. The zero-order valence-electron chi connectivity index (χ0n) is 7.33. The van der Waals surface area contributed by atoms with Gasteiger partial charge >= 0.3 is 0 Å². The first-order chi connectivity index (χ1) is 6.15. The highest BCUT2D eigenvalue weighted by molar-refractivity contribution is 5.30. The van der Waals surface area contributed by atoms with Crippen LogP contribution >= 0.6 is 0 Å². The van der Waals surface area contributed by atoms with Crippen molar-refractivity contribution in [2.45, 2.75) is 6.04 Å². The van der Waals surface area contributed by atoms with Crippen molar-refractivity contribution in [3.05, 3.63) is 29.6 Å². The van der Waals surface area contributed by atoms with E-state index in [0.717, 1.165) is 0 Å². The number of aromatic hydroxyl groups is 1. The molecule has 0 radical (unpaired) electrons. The fraction of sp³-hybridized carbons (Fsp3) is 0.333. The smallest absolute Gasteiger partial charge is 0.164 e. The Morgan fingerprint density at radius 1 is 1.62 bits per heavy atom. The molecule has 0 spiro atoms. The second-order valence-corrected chi connectivity index (χ2v) is 2.77. The molecule has 1 atom stereocenters. The maximum absolute atomic E-state index is 12.6. The van der Waals surface area contributed by atoms with Crippen molar-refractivity contribution in [1.29, 1.82) is 0 Å². The number of nitrogens with two attached hydrogens (primary N) is 1. The molecule has 0 fully saturated rings. The monoisotopic (exact) mass is 185 g/mol. The molecule has 0 amide bonds. The third kappa shape index (κ3) is 2.40. The number of hydrogen-bond donors (Lipinski definition) is 2. The normalized spacial score (nSPS) is 12.8. The maximum atomic E-state index is 12.6. The minimum absolute atomic E-state index is 0.337.